The predicted octanol–water partition coefficient (Wildman–Crippen LogP) is 3.37. The molecule has 0 aliphatic rings. The van der Waals surface area contributed by atoms with Gasteiger partial charge in [-0.3, -0.25) is 19.6 Å². The van der Waals surface area contributed by atoms with Crippen LogP contribution in [-0.4, -0.2) is 20.6 Å². The Labute approximate surface area is 154 Å². The first-order chi connectivity index (χ1) is 12.8. The van der Waals surface area contributed by atoms with Gasteiger partial charge in [0.1, 0.15) is 18.1 Å². The van der Waals surface area contributed by atoms with Crippen LogP contribution < -0.4 is 10.1 Å². The first kappa shape index (κ1) is 18.2. The lowest BCUT2D eigenvalue weighted by Crippen LogP contribution is -2.11. The summed E-state index contributed by atoms with van der Waals surface area (Å²) in [7, 11) is 1.77. The molecule has 3 rings (SSSR count). The van der Waals surface area contributed by atoms with Gasteiger partial charge in [0.25, 0.3) is 11.6 Å². The molecule has 0 atom stereocenters. The molecule has 0 aliphatic carbocycles. The van der Waals surface area contributed by atoms with Crippen LogP contribution in [0.1, 0.15) is 27.6 Å². The van der Waals surface area contributed by atoms with E-state index in [4.69, 9.17) is 9.15 Å². The largest absolute Gasteiger partial charge is 0.486 e. The fourth-order valence-corrected chi connectivity index (χ4v) is 2.56. The second kappa shape index (κ2) is 7.32. The summed E-state index contributed by atoms with van der Waals surface area (Å²) in [6.07, 6.45) is 1.71. The van der Waals surface area contributed by atoms with Gasteiger partial charge in [-0.2, -0.15) is 5.10 Å². The zero-order valence-electron chi connectivity index (χ0n) is 15.1. The monoisotopic (exact) mass is 370 g/mol. The molecule has 0 aliphatic heterocycles. The van der Waals surface area contributed by atoms with E-state index in [0.717, 1.165) is 0 Å². The number of carbonyl (C=O) groups is 1. The molecule has 9 heteroatoms. The number of benzene rings is 1. The van der Waals surface area contributed by atoms with Crippen molar-refractivity contribution in [1.29, 1.82) is 0 Å². The molecule has 0 bridgehead atoms. The molecule has 0 saturated heterocycles. The Balaban J connectivity index is 1.62. The normalized spacial score (nSPS) is 10.6. The summed E-state index contributed by atoms with van der Waals surface area (Å²) >= 11 is 0. The van der Waals surface area contributed by atoms with Crippen molar-refractivity contribution in [3.63, 3.8) is 0 Å². The Kier molecular flexibility index (Phi) is 4.93. The maximum Gasteiger partial charge on any atom is 0.291 e. The summed E-state index contributed by atoms with van der Waals surface area (Å²) < 4.78 is 12.7. The van der Waals surface area contributed by atoms with Gasteiger partial charge in [-0.1, -0.05) is 0 Å². The SMILES string of the molecule is Cc1cc(OCc2ccc(C(=O)Nc3cn(C)nc3C)o2)ccc1[N+](=O)[O-]. The molecular weight excluding hydrogens is 352 g/mol. The second-order valence-corrected chi connectivity index (χ2v) is 6.02. The molecule has 9 nitrogen and oxygen atoms in total. The number of nitro groups is 1. The summed E-state index contributed by atoms with van der Waals surface area (Å²) in [5.41, 5.74) is 1.85. The fourth-order valence-electron chi connectivity index (χ4n) is 2.56. The van der Waals surface area contributed by atoms with E-state index in [-0.39, 0.29) is 24.0 Å². The fraction of sp³-hybridized carbons (Fsp3) is 0.222. The number of anilines is 1. The Morgan fingerprint density at radius 1 is 1.33 bits per heavy atom. The minimum absolute atomic E-state index is 0.0324. The predicted molar refractivity (Wildman–Crippen MR) is 96.8 cm³/mol. The minimum Gasteiger partial charge on any atom is -0.486 e. The number of aryl methyl sites for hydroxylation is 3. The molecule has 1 aromatic carbocycles. The van der Waals surface area contributed by atoms with Crippen LogP contribution in [0.3, 0.4) is 0 Å². The number of nitro benzene ring substituents is 1. The standard InChI is InChI=1S/C18H18N4O5/c1-11-8-13(4-6-16(11)22(24)25)26-10-14-5-7-17(27-14)18(23)19-15-9-21(3)20-12(15)2/h4-9H,10H2,1-3H3,(H,19,23). The van der Waals surface area contributed by atoms with Crippen molar-refractivity contribution in [1.82, 2.24) is 9.78 Å². The highest BCUT2D eigenvalue weighted by Crippen LogP contribution is 2.24. The number of hydrogen-bond donors (Lipinski definition) is 1. The Bertz CT molecular complexity index is 1010. The van der Waals surface area contributed by atoms with Crippen LogP contribution in [0.25, 0.3) is 0 Å². The summed E-state index contributed by atoms with van der Waals surface area (Å²) in [5, 5.41) is 17.7. The first-order valence-electron chi connectivity index (χ1n) is 8.11. The van der Waals surface area contributed by atoms with Gasteiger partial charge in [-0.05, 0) is 38.1 Å². The van der Waals surface area contributed by atoms with Crippen LogP contribution in [0, 0.1) is 24.0 Å². The van der Waals surface area contributed by atoms with Gasteiger partial charge in [-0.25, -0.2) is 0 Å². The van der Waals surface area contributed by atoms with Gasteiger partial charge in [0.05, 0.1) is 16.3 Å². The molecule has 0 saturated carbocycles. The van der Waals surface area contributed by atoms with Crippen LogP contribution in [0.5, 0.6) is 5.75 Å². The number of nitrogens with one attached hydrogen (secondary N) is 1. The highest BCUT2D eigenvalue weighted by molar-refractivity contribution is 6.02. The molecular formula is C18H18N4O5. The van der Waals surface area contributed by atoms with E-state index in [2.05, 4.69) is 10.4 Å². The van der Waals surface area contributed by atoms with Gasteiger partial charge in [0.15, 0.2) is 5.76 Å². The van der Waals surface area contributed by atoms with Crippen molar-refractivity contribution in [3.05, 3.63) is 69.4 Å². The van der Waals surface area contributed by atoms with Crippen molar-refractivity contribution in [2.45, 2.75) is 20.5 Å². The molecule has 2 heterocycles. The van der Waals surface area contributed by atoms with Crippen molar-refractivity contribution in [2.75, 3.05) is 5.32 Å². The first-order valence-corrected chi connectivity index (χ1v) is 8.11. The average molecular weight is 370 g/mol. The van der Waals surface area contributed by atoms with Gasteiger partial charge in [0, 0.05) is 24.9 Å². The van der Waals surface area contributed by atoms with Crippen LogP contribution in [-0.2, 0) is 13.7 Å². The number of amides is 1. The van der Waals surface area contributed by atoms with Crippen molar-refractivity contribution >= 4 is 17.3 Å². The lowest BCUT2D eigenvalue weighted by atomic mass is 10.2. The van der Waals surface area contributed by atoms with E-state index >= 15 is 0 Å². The van der Waals surface area contributed by atoms with Crippen molar-refractivity contribution < 1.29 is 18.9 Å². The molecule has 27 heavy (non-hydrogen) atoms. The van der Waals surface area contributed by atoms with Gasteiger partial charge >= 0.3 is 0 Å². The Morgan fingerprint density at radius 2 is 2.11 bits per heavy atom. The highest BCUT2D eigenvalue weighted by Gasteiger charge is 2.15. The summed E-state index contributed by atoms with van der Waals surface area (Å²) in [5.74, 6) is 0.700. The van der Waals surface area contributed by atoms with E-state index in [0.29, 0.717) is 28.5 Å². The average Bonchev–Trinajstić information content (AvgIpc) is 3.19. The molecule has 0 radical (unpaired) electrons. The van der Waals surface area contributed by atoms with Crippen molar-refractivity contribution in [3.8, 4) is 5.75 Å². The van der Waals surface area contributed by atoms with Gasteiger partial charge in [0.2, 0.25) is 0 Å². The van der Waals surface area contributed by atoms with E-state index in [1.54, 1.807) is 50.0 Å². The number of carbonyl (C=O) groups excluding carboxylic acids is 1. The molecule has 1 amide bonds. The molecule has 0 fully saturated rings. The number of ether oxygens (including phenoxy) is 1. The molecule has 0 spiro atoms. The van der Waals surface area contributed by atoms with Gasteiger partial charge in [-0.15, -0.1) is 0 Å². The van der Waals surface area contributed by atoms with E-state index in [1.165, 1.54) is 12.1 Å². The lowest BCUT2D eigenvalue weighted by Gasteiger charge is -2.05. The van der Waals surface area contributed by atoms with Crippen LogP contribution >= 0.6 is 0 Å². The number of rotatable bonds is 6. The summed E-state index contributed by atoms with van der Waals surface area (Å²) in [4.78, 5) is 22.7. The van der Waals surface area contributed by atoms with E-state index in [9.17, 15) is 14.9 Å². The highest BCUT2D eigenvalue weighted by atomic mass is 16.6. The third-order valence-corrected chi connectivity index (χ3v) is 3.89. The summed E-state index contributed by atoms with van der Waals surface area (Å²) in [6.45, 7) is 3.53. The van der Waals surface area contributed by atoms with E-state index < -0.39 is 4.92 Å². The third-order valence-electron chi connectivity index (χ3n) is 3.89. The number of nitrogens with zero attached hydrogens (tertiary/aromatic N) is 3. The molecule has 0 unspecified atom stereocenters. The zero-order chi connectivity index (χ0) is 19.6. The third kappa shape index (κ3) is 4.14. The number of hydrogen-bond acceptors (Lipinski definition) is 6. The van der Waals surface area contributed by atoms with Crippen LogP contribution in [0.2, 0.25) is 0 Å². The van der Waals surface area contributed by atoms with Crippen molar-refractivity contribution in [2.24, 2.45) is 7.05 Å². The molecule has 3 aromatic rings. The molecule has 2 aromatic heterocycles. The number of aromatic nitrogens is 2. The lowest BCUT2D eigenvalue weighted by molar-refractivity contribution is -0.385. The van der Waals surface area contributed by atoms with Crippen LogP contribution in [0.4, 0.5) is 11.4 Å². The maximum absolute atomic E-state index is 12.3. The van der Waals surface area contributed by atoms with E-state index in [1.807, 2.05) is 0 Å². The second-order valence-electron chi connectivity index (χ2n) is 6.02. The maximum atomic E-state index is 12.3. The quantitative estimate of drug-likeness (QED) is 0.526. The minimum atomic E-state index is -0.444. The topological polar surface area (TPSA) is 112 Å². The van der Waals surface area contributed by atoms with Gasteiger partial charge < -0.3 is 14.5 Å². The zero-order valence-corrected chi connectivity index (χ0v) is 15.1. The molecule has 1 N–H and O–H groups in total. The Hall–Kier alpha value is -3.62. The molecule has 140 valence electrons. The number of furan rings is 1. The summed E-state index contributed by atoms with van der Waals surface area (Å²) in [6, 6.07) is 7.69. The van der Waals surface area contributed by atoms with Crippen LogP contribution in [0.15, 0.2) is 40.9 Å². The smallest absolute Gasteiger partial charge is 0.291 e. The Morgan fingerprint density at radius 3 is 2.74 bits per heavy atom.